The first kappa shape index (κ1) is 22.5. The molecule has 0 aliphatic heterocycles. The van der Waals surface area contributed by atoms with Crippen LogP contribution < -0.4 is 16.0 Å². The maximum absolute atomic E-state index is 12.9. The van der Waals surface area contributed by atoms with Gasteiger partial charge in [-0.05, 0) is 43.5 Å². The summed E-state index contributed by atoms with van der Waals surface area (Å²) >= 11 is 1.35. The van der Waals surface area contributed by atoms with Crippen molar-refractivity contribution < 1.29 is 9.59 Å². The lowest BCUT2D eigenvalue weighted by Crippen LogP contribution is -2.50. The van der Waals surface area contributed by atoms with Gasteiger partial charge in [-0.2, -0.15) is 0 Å². The van der Waals surface area contributed by atoms with Crippen molar-refractivity contribution in [1.82, 2.24) is 15.6 Å². The van der Waals surface area contributed by atoms with Crippen LogP contribution in [0, 0.1) is 6.92 Å². The first-order valence-corrected chi connectivity index (χ1v) is 11.3. The molecule has 162 valence electrons. The third-order valence-corrected chi connectivity index (χ3v) is 5.67. The third-order valence-electron chi connectivity index (χ3n) is 4.91. The van der Waals surface area contributed by atoms with Gasteiger partial charge in [-0.25, -0.2) is 4.98 Å². The van der Waals surface area contributed by atoms with Crippen molar-refractivity contribution in [3.05, 3.63) is 76.8 Å². The molecule has 2 aromatic carbocycles. The highest BCUT2D eigenvalue weighted by Gasteiger charge is 2.24. The van der Waals surface area contributed by atoms with E-state index in [0.717, 1.165) is 23.2 Å². The zero-order chi connectivity index (χ0) is 22.2. The van der Waals surface area contributed by atoms with Gasteiger partial charge in [0.2, 0.25) is 5.91 Å². The molecule has 0 aliphatic carbocycles. The molecule has 0 radical (unpaired) electrons. The first-order valence-electron chi connectivity index (χ1n) is 10.4. The van der Waals surface area contributed by atoms with Gasteiger partial charge in [-0.15, -0.1) is 11.3 Å². The second kappa shape index (κ2) is 10.7. The molecule has 3 aromatic rings. The average Bonchev–Trinajstić information content (AvgIpc) is 3.22. The SMILES string of the molecule is CC[C@H](C)NC(=O)[C@H](Cc1ccccc1)NC(=O)c1csc(Nc2cccc(C)c2)n1. The molecule has 0 unspecified atom stereocenters. The van der Waals surface area contributed by atoms with Crippen molar-refractivity contribution >= 4 is 34.0 Å². The molecule has 0 aliphatic rings. The van der Waals surface area contributed by atoms with E-state index in [4.69, 9.17) is 0 Å². The highest BCUT2D eigenvalue weighted by Crippen LogP contribution is 2.21. The van der Waals surface area contributed by atoms with Crippen LogP contribution in [0.2, 0.25) is 0 Å². The van der Waals surface area contributed by atoms with Crippen LogP contribution in [0.4, 0.5) is 10.8 Å². The zero-order valence-corrected chi connectivity index (χ0v) is 18.8. The van der Waals surface area contributed by atoms with Crippen molar-refractivity contribution in [2.24, 2.45) is 0 Å². The largest absolute Gasteiger partial charge is 0.352 e. The molecule has 0 saturated heterocycles. The van der Waals surface area contributed by atoms with E-state index in [1.807, 2.05) is 75.4 Å². The fourth-order valence-electron chi connectivity index (χ4n) is 3.02. The number of carbonyl (C=O) groups excluding carboxylic acids is 2. The van der Waals surface area contributed by atoms with E-state index in [-0.39, 0.29) is 23.6 Å². The van der Waals surface area contributed by atoms with Crippen LogP contribution in [0.1, 0.15) is 41.9 Å². The lowest BCUT2D eigenvalue weighted by molar-refractivity contribution is -0.123. The molecule has 7 heteroatoms. The Kier molecular flexibility index (Phi) is 7.78. The number of aromatic nitrogens is 1. The van der Waals surface area contributed by atoms with Gasteiger partial charge in [0, 0.05) is 23.5 Å². The molecule has 6 nitrogen and oxygen atoms in total. The number of nitrogens with zero attached hydrogens (tertiary/aromatic N) is 1. The number of hydrogen-bond donors (Lipinski definition) is 3. The molecule has 3 rings (SSSR count). The predicted molar refractivity (Wildman–Crippen MR) is 126 cm³/mol. The maximum Gasteiger partial charge on any atom is 0.271 e. The van der Waals surface area contributed by atoms with Crippen molar-refractivity contribution in [3.63, 3.8) is 0 Å². The van der Waals surface area contributed by atoms with E-state index in [0.29, 0.717) is 11.6 Å². The quantitative estimate of drug-likeness (QED) is 0.463. The number of carbonyl (C=O) groups is 2. The van der Waals surface area contributed by atoms with Gasteiger partial charge in [0.15, 0.2) is 5.13 Å². The van der Waals surface area contributed by atoms with E-state index in [9.17, 15) is 9.59 Å². The minimum absolute atomic E-state index is 0.0343. The highest BCUT2D eigenvalue weighted by atomic mass is 32.1. The molecule has 3 N–H and O–H groups in total. The van der Waals surface area contributed by atoms with Gasteiger partial charge in [-0.3, -0.25) is 9.59 Å². The summed E-state index contributed by atoms with van der Waals surface area (Å²) in [6, 6.07) is 16.9. The molecule has 1 heterocycles. The summed E-state index contributed by atoms with van der Waals surface area (Å²) in [5.74, 6) is -0.561. The summed E-state index contributed by atoms with van der Waals surface area (Å²) < 4.78 is 0. The van der Waals surface area contributed by atoms with Crippen LogP contribution in [-0.2, 0) is 11.2 Å². The Bertz CT molecular complexity index is 1020. The fourth-order valence-corrected chi connectivity index (χ4v) is 3.73. The van der Waals surface area contributed by atoms with E-state index >= 15 is 0 Å². The Morgan fingerprint density at radius 1 is 1.06 bits per heavy atom. The zero-order valence-electron chi connectivity index (χ0n) is 18.0. The number of aryl methyl sites for hydroxylation is 1. The van der Waals surface area contributed by atoms with Gasteiger partial charge < -0.3 is 16.0 Å². The molecule has 0 saturated carbocycles. The highest BCUT2D eigenvalue weighted by molar-refractivity contribution is 7.14. The van der Waals surface area contributed by atoms with Crippen LogP contribution in [0.3, 0.4) is 0 Å². The van der Waals surface area contributed by atoms with Crippen molar-refractivity contribution in [2.45, 2.75) is 45.7 Å². The molecule has 2 atom stereocenters. The van der Waals surface area contributed by atoms with Crippen LogP contribution in [-0.4, -0.2) is 28.9 Å². The van der Waals surface area contributed by atoms with Crippen molar-refractivity contribution in [3.8, 4) is 0 Å². The molecule has 1 aromatic heterocycles. The summed E-state index contributed by atoms with van der Waals surface area (Å²) in [4.78, 5) is 30.1. The summed E-state index contributed by atoms with van der Waals surface area (Å²) in [6.07, 6.45) is 1.23. The summed E-state index contributed by atoms with van der Waals surface area (Å²) in [7, 11) is 0. The Morgan fingerprint density at radius 2 is 1.84 bits per heavy atom. The minimum Gasteiger partial charge on any atom is -0.352 e. The van der Waals surface area contributed by atoms with E-state index in [2.05, 4.69) is 20.9 Å². The lowest BCUT2D eigenvalue weighted by Gasteiger charge is -2.20. The second-order valence-electron chi connectivity index (χ2n) is 7.57. The van der Waals surface area contributed by atoms with Gasteiger partial charge in [-0.1, -0.05) is 49.4 Å². The van der Waals surface area contributed by atoms with E-state index < -0.39 is 6.04 Å². The molecule has 0 fully saturated rings. The molecule has 0 spiro atoms. The molecule has 2 amide bonds. The standard InChI is InChI=1S/C24H28N4O2S/c1-4-17(3)25-22(29)20(14-18-10-6-5-7-11-18)27-23(30)21-15-31-24(28-21)26-19-12-8-9-16(2)13-19/h5-13,15,17,20H,4,14H2,1-3H3,(H,25,29)(H,26,28)(H,27,30)/t17-,20-/m0/s1. The van der Waals surface area contributed by atoms with Crippen LogP contribution in [0.15, 0.2) is 60.0 Å². The molecular weight excluding hydrogens is 408 g/mol. The van der Waals surface area contributed by atoms with Gasteiger partial charge in [0.1, 0.15) is 11.7 Å². The van der Waals surface area contributed by atoms with Crippen LogP contribution >= 0.6 is 11.3 Å². The summed E-state index contributed by atoms with van der Waals surface area (Å²) in [6.45, 7) is 5.97. The van der Waals surface area contributed by atoms with Gasteiger partial charge in [0.25, 0.3) is 5.91 Å². The number of thiazole rings is 1. The van der Waals surface area contributed by atoms with E-state index in [1.54, 1.807) is 5.38 Å². The smallest absolute Gasteiger partial charge is 0.271 e. The lowest BCUT2D eigenvalue weighted by atomic mass is 10.0. The molecule has 31 heavy (non-hydrogen) atoms. The predicted octanol–water partition coefficient (Wildman–Crippen LogP) is 4.45. The van der Waals surface area contributed by atoms with Crippen LogP contribution in [0.25, 0.3) is 0 Å². The van der Waals surface area contributed by atoms with E-state index in [1.165, 1.54) is 11.3 Å². The Balaban J connectivity index is 1.70. The number of benzene rings is 2. The number of nitrogens with one attached hydrogen (secondary N) is 3. The average molecular weight is 437 g/mol. The molecular formula is C24H28N4O2S. The van der Waals surface area contributed by atoms with Crippen LogP contribution in [0.5, 0.6) is 0 Å². The summed E-state index contributed by atoms with van der Waals surface area (Å²) in [5.41, 5.74) is 3.31. The normalized spacial score (nSPS) is 12.6. The Hall–Kier alpha value is -3.19. The minimum atomic E-state index is -0.682. The monoisotopic (exact) mass is 436 g/mol. The topological polar surface area (TPSA) is 83.1 Å². The molecule has 0 bridgehead atoms. The van der Waals surface area contributed by atoms with Gasteiger partial charge in [0.05, 0.1) is 0 Å². The van der Waals surface area contributed by atoms with Crippen molar-refractivity contribution in [1.29, 1.82) is 0 Å². The Labute approximate surface area is 187 Å². The fraction of sp³-hybridized carbons (Fsp3) is 0.292. The van der Waals surface area contributed by atoms with Crippen molar-refractivity contribution in [2.75, 3.05) is 5.32 Å². The number of hydrogen-bond acceptors (Lipinski definition) is 5. The number of anilines is 2. The third kappa shape index (κ3) is 6.65. The number of rotatable bonds is 9. The summed E-state index contributed by atoms with van der Waals surface area (Å²) in [5, 5.41) is 11.4. The first-order chi connectivity index (χ1) is 14.9. The number of amides is 2. The van der Waals surface area contributed by atoms with Gasteiger partial charge >= 0.3 is 0 Å². The second-order valence-corrected chi connectivity index (χ2v) is 8.42. The Morgan fingerprint density at radius 3 is 2.55 bits per heavy atom. The maximum atomic E-state index is 12.9.